The molecule has 0 aliphatic heterocycles. The maximum atomic E-state index is 13.2. The number of hydrogen-bond acceptors (Lipinski definition) is 1. The van der Waals surface area contributed by atoms with E-state index in [-0.39, 0.29) is 11.9 Å². The normalized spacial score (nSPS) is 25.8. The maximum Gasteiger partial charge on any atom is 0.123 e. The molecule has 0 bridgehead atoms. The quantitative estimate of drug-likeness (QED) is 0.767. The van der Waals surface area contributed by atoms with Crippen molar-refractivity contribution >= 4 is 0 Å². The van der Waals surface area contributed by atoms with Gasteiger partial charge in [-0.1, -0.05) is 38.3 Å². The molecule has 3 atom stereocenters. The van der Waals surface area contributed by atoms with E-state index in [0.29, 0.717) is 6.04 Å². The van der Waals surface area contributed by atoms with Gasteiger partial charge in [0.2, 0.25) is 0 Å². The van der Waals surface area contributed by atoms with Gasteiger partial charge in [-0.15, -0.1) is 0 Å². The predicted molar refractivity (Wildman–Crippen MR) is 78.6 cm³/mol. The first-order valence-corrected chi connectivity index (χ1v) is 7.70. The molecule has 0 saturated heterocycles. The van der Waals surface area contributed by atoms with Gasteiger partial charge in [0, 0.05) is 12.1 Å². The van der Waals surface area contributed by atoms with Crippen LogP contribution in [-0.2, 0) is 0 Å². The summed E-state index contributed by atoms with van der Waals surface area (Å²) in [5, 5.41) is 3.68. The van der Waals surface area contributed by atoms with Gasteiger partial charge in [0.15, 0.2) is 0 Å². The standard InChI is InChI=1S/C17H26FN/c1-3-14-6-4-9-17(11-10-14)19-13(2)15-7-5-8-16(18)12-15/h5,7-8,12-14,17,19H,3-4,6,9-11H2,1-2H3/t13-,14?,17?/m1/s1. The molecule has 0 spiro atoms. The third-order valence-corrected chi connectivity index (χ3v) is 4.50. The number of hydrogen-bond donors (Lipinski definition) is 1. The van der Waals surface area contributed by atoms with E-state index in [1.165, 1.54) is 44.6 Å². The summed E-state index contributed by atoms with van der Waals surface area (Å²) in [7, 11) is 0. The van der Waals surface area contributed by atoms with Gasteiger partial charge in [-0.05, 0) is 49.8 Å². The Balaban J connectivity index is 1.90. The van der Waals surface area contributed by atoms with E-state index in [1.807, 2.05) is 6.07 Å². The molecule has 1 aromatic rings. The Morgan fingerprint density at radius 2 is 2.11 bits per heavy atom. The minimum absolute atomic E-state index is 0.141. The van der Waals surface area contributed by atoms with Crippen LogP contribution in [0.4, 0.5) is 4.39 Å². The van der Waals surface area contributed by atoms with Crippen LogP contribution in [0.1, 0.15) is 64.0 Å². The number of halogens is 1. The van der Waals surface area contributed by atoms with E-state index >= 15 is 0 Å². The van der Waals surface area contributed by atoms with Crippen LogP contribution in [0.25, 0.3) is 0 Å². The van der Waals surface area contributed by atoms with Crippen molar-refractivity contribution in [3.63, 3.8) is 0 Å². The average molecular weight is 263 g/mol. The van der Waals surface area contributed by atoms with Gasteiger partial charge in [0.25, 0.3) is 0 Å². The Morgan fingerprint density at radius 1 is 1.26 bits per heavy atom. The molecule has 1 N–H and O–H groups in total. The topological polar surface area (TPSA) is 12.0 Å². The third kappa shape index (κ3) is 4.31. The highest BCUT2D eigenvalue weighted by Crippen LogP contribution is 2.27. The summed E-state index contributed by atoms with van der Waals surface area (Å²) in [4.78, 5) is 0. The zero-order valence-electron chi connectivity index (χ0n) is 12.2. The first kappa shape index (κ1) is 14.5. The highest BCUT2D eigenvalue weighted by molar-refractivity contribution is 5.19. The van der Waals surface area contributed by atoms with Crippen LogP contribution in [0.2, 0.25) is 0 Å². The third-order valence-electron chi connectivity index (χ3n) is 4.50. The largest absolute Gasteiger partial charge is 0.307 e. The fourth-order valence-electron chi connectivity index (χ4n) is 3.18. The highest BCUT2D eigenvalue weighted by atomic mass is 19.1. The molecule has 1 saturated carbocycles. The molecule has 0 amide bonds. The Hall–Kier alpha value is -0.890. The lowest BCUT2D eigenvalue weighted by molar-refractivity contribution is 0.399. The van der Waals surface area contributed by atoms with Crippen LogP contribution in [0.3, 0.4) is 0 Å². The summed E-state index contributed by atoms with van der Waals surface area (Å²) >= 11 is 0. The van der Waals surface area contributed by atoms with E-state index in [9.17, 15) is 4.39 Å². The molecule has 1 aromatic carbocycles. The molecule has 0 radical (unpaired) electrons. The van der Waals surface area contributed by atoms with Crippen LogP contribution in [0, 0.1) is 11.7 Å². The summed E-state index contributed by atoms with van der Waals surface area (Å²) in [6.45, 7) is 4.44. The van der Waals surface area contributed by atoms with Crippen molar-refractivity contribution in [2.75, 3.05) is 0 Å². The SMILES string of the molecule is CCC1CCCC(N[C@H](C)c2cccc(F)c2)CC1. The fraction of sp³-hybridized carbons (Fsp3) is 0.647. The van der Waals surface area contributed by atoms with Crippen LogP contribution < -0.4 is 5.32 Å². The molecular weight excluding hydrogens is 237 g/mol. The van der Waals surface area contributed by atoms with Crippen molar-refractivity contribution in [3.8, 4) is 0 Å². The molecule has 2 rings (SSSR count). The van der Waals surface area contributed by atoms with Crippen molar-refractivity contribution in [3.05, 3.63) is 35.6 Å². The van der Waals surface area contributed by atoms with Crippen LogP contribution >= 0.6 is 0 Å². The second kappa shape index (κ2) is 7.04. The van der Waals surface area contributed by atoms with E-state index in [1.54, 1.807) is 12.1 Å². The first-order chi connectivity index (χ1) is 9.19. The second-order valence-corrected chi connectivity index (χ2v) is 5.92. The van der Waals surface area contributed by atoms with Crippen LogP contribution in [0.5, 0.6) is 0 Å². The van der Waals surface area contributed by atoms with Gasteiger partial charge < -0.3 is 5.32 Å². The van der Waals surface area contributed by atoms with Gasteiger partial charge in [0.1, 0.15) is 5.82 Å². The van der Waals surface area contributed by atoms with Crippen molar-refractivity contribution in [1.29, 1.82) is 0 Å². The van der Waals surface area contributed by atoms with Crippen molar-refractivity contribution in [1.82, 2.24) is 5.32 Å². The number of nitrogens with one attached hydrogen (secondary N) is 1. The van der Waals surface area contributed by atoms with E-state index in [0.717, 1.165) is 11.5 Å². The number of rotatable bonds is 4. The average Bonchev–Trinajstić information content (AvgIpc) is 2.64. The van der Waals surface area contributed by atoms with E-state index < -0.39 is 0 Å². The summed E-state index contributed by atoms with van der Waals surface area (Å²) < 4.78 is 13.2. The predicted octanol–water partition coefficient (Wildman–Crippen LogP) is 4.84. The Morgan fingerprint density at radius 3 is 2.84 bits per heavy atom. The molecule has 2 unspecified atom stereocenters. The second-order valence-electron chi connectivity index (χ2n) is 5.92. The molecule has 0 aromatic heterocycles. The van der Waals surface area contributed by atoms with Crippen molar-refractivity contribution < 1.29 is 4.39 Å². The lowest BCUT2D eigenvalue weighted by Crippen LogP contribution is -2.31. The van der Waals surface area contributed by atoms with Crippen molar-refractivity contribution in [2.24, 2.45) is 5.92 Å². The molecule has 0 heterocycles. The van der Waals surface area contributed by atoms with Gasteiger partial charge >= 0.3 is 0 Å². The smallest absolute Gasteiger partial charge is 0.123 e. The zero-order chi connectivity index (χ0) is 13.7. The molecule has 1 aliphatic carbocycles. The molecule has 19 heavy (non-hydrogen) atoms. The summed E-state index contributed by atoms with van der Waals surface area (Å²) in [5.41, 5.74) is 1.05. The monoisotopic (exact) mass is 263 g/mol. The minimum Gasteiger partial charge on any atom is -0.307 e. The van der Waals surface area contributed by atoms with Crippen LogP contribution in [0.15, 0.2) is 24.3 Å². The van der Waals surface area contributed by atoms with Crippen molar-refractivity contribution in [2.45, 2.75) is 64.5 Å². The lowest BCUT2D eigenvalue weighted by Gasteiger charge is -2.22. The Kier molecular flexibility index (Phi) is 5.38. The maximum absolute atomic E-state index is 13.2. The van der Waals surface area contributed by atoms with Gasteiger partial charge in [0.05, 0.1) is 0 Å². The first-order valence-electron chi connectivity index (χ1n) is 7.70. The van der Waals surface area contributed by atoms with Crippen LogP contribution in [-0.4, -0.2) is 6.04 Å². The summed E-state index contributed by atoms with van der Waals surface area (Å²) in [5.74, 6) is 0.773. The minimum atomic E-state index is -0.141. The summed E-state index contributed by atoms with van der Waals surface area (Å²) in [6, 6.07) is 7.78. The van der Waals surface area contributed by atoms with E-state index in [2.05, 4.69) is 19.2 Å². The Labute approximate surface area is 116 Å². The lowest BCUT2D eigenvalue weighted by atomic mass is 9.97. The zero-order valence-corrected chi connectivity index (χ0v) is 12.2. The molecule has 106 valence electrons. The molecule has 1 nitrogen and oxygen atoms in total. The molecular formula is C17H26FN. The molecule has 2 heteroatoms. The Bertz CT molecular complexity index is 391. The summed E-state index contributed by atoms with van der Waals surface area (Å²) in [6.07, 6.45) is 7.87. The number of benzene rings is 1. The van der Waals surface area contributed by atoms with Gasteiger partial charge in [-0.2, -0.15) is 0 Å². The van der Waals surface area contributed by atoms with Gasteiger partial charge in [-0.25, -0.2) is 4.39 Å². The molecule has 1 aliphatic rings. The fourth-order valence-corrected chi connectivity index (χ4v) is 3.18. The van der Waals surface area contributed by atoms with E-state index in [4.69, 9.17) is 0 Å². The van der Waals surface area contributed by atoms with Gasteiger partial charge in [-0.3, -0.25) is 0 Å². The molecule has 1 fully saturated rings. The highest BCUT2D eigenvalue weighted by Gasteiger charge is 2.19.